The number of rotatable bonds is 12. The molecule has 0 aliphatic heterocycles. The maximum Gasteiger partial charge on any atom is 0.181 e. The molecule has 0 saturated heterocycles. The van der Waals surface area contributed by atoms with Crippen molar-refractivity contribution in [1.82, 2.24) is 30.0 Å². The van der Waals surface area contributed by atoms with Crippen LogP contribution in [0, 0.1) is 12.7 Å². The molecule has 0 aliphatic rings. The van der Waals surface area contributed by atoms with Crippen LogP contribution in [0.5, 0.6) is 5.75 Å². The molecule has 0 amide bonds. The van der Waals surface area contributed by atoms with E-state index in [0.717, 1.165) is 29.9 Å². The van der Waals surface area contributed by atoms with Crippen LogP contribution >= 0.6 is 0 Å². The SMILES string of the molecule is C=N/C(=C\C(=N/COc1ccc2[nH]c(C)cc2c1F)NCCCn1ccnc1)Nc1cc(/C=C/C)[nH]n1. The van der Waals surface area contributed by atoms with Crippen molar-refractivity contribution < 1.29 is 9.13 Å². The quantitative estimate of drug-likeness (QED) is 0.128. The van der Waals surface area contributed by atoms with Crippen molar-refractivity contribution in [2.24, 2.45) is 9.98 Å². The highest BCUT2D eigenvalue weighted by molar-refractivity contribution is 5.94. The first-order valence-electron chi connectivity index (χ1n) is 11.8. The van der Waals surface area contributed by atoms with E-state index in [1.165, 1.54) is 0 Å². The number of aliphatic imine (C=N–C) groups is 2. The molecule has 0 atom stereocenters. The lowest BCUT2D eigenvalue weighted by atomic mass is 10.2. The van der Waals surface area contributed by atoms with Gasteiger partial charge in [0.2, 0.25) is 0 Å². The molecule has 4 rings (SSSR count). The van der Waals surface area contributed by atoms with E-state index in [1.807, 2.05) is 42.8 Å². The highest BCUT2D eigenvalue weighted by atomic mass is 19.1. The van der Waals surface area contributed by atoms with Gasteiger partial charge in [0.05, 0.1) is 12.0 Å². The van der Waals surface area contributed by atoms with E-state index >= 15 is 0 Å². The van der Waals surface area contributed by atoms with Crippen LogP contribution in [-0.2, 0) is 6.54 Å². The molecular formula is C26H30FN9O. The predicted octanol–water partition coefficient (Wildman–Crippen LogP) is 4.64. The van der Waals surface area contributed by atoms with Crippen LogP contribution in [0.4, 0.5) is 10.2 Å². The molecule has 1 aromatic carbocycles. The van der Waals surface area contributed by atoms with Gasteiger partial charge in [-0.05, 0) is 51.3 Å². The van der Waals surface area contributed by atoms with Crippen molar-refractivity contribution in [3.8, 4) is 5.75 Å². The standard InChI is InChI=1S/C26H30FN9O/c1-4-6-19-14-25(35-34-19)33-23(28-3)15-24(30-9-5-11-36-12-10-29-16-36)31-17-37-22-8-7-21-20(26(22)27)13-18(2)32-21/h4,6-8,10,12-16,32H,3,5,9,11,17H2,1-2H3,(H,30,31)(H2,33,34,35)/b6-4+,23-15+. The lowest BCUT2D eigenvalue weighted by molar-refractivity contribution is 0.315. The molecule has 4 aromatic rings. The van der Waals surface area contributed by atoms with E-state index in [-0.39, 0.29) is 12.5 Å². The van der Waals surface area contributed by atoms with Gasteiger partial charge in [0, 0.05) is 54.2 Å². The summed E-state index contributed by atoms with van der Waals surface area (Å²) in [5, 5.41) is 14.0. The minimum Gasteiger partial charge on any atom is -0.468 e. The summed E-state index contributed by atoms with van der Waals surface area (Å²) in [6.07, 6.45) is 11.8. The number of halogens is 1. The van der Waals surface area contributed by atoms with E-state index in [0.29, 0.717) is 29.4 Å². The molecule has 0 saturated carbocycles. The van der Waals surface area contributed by atoms with Crippen LogP contribution < -0.4 is 15.4 Å². The summed E-state index contributed by atoms with van der Waals surface area (Å²) in [5.74, 6) is 1.23. The first-order chi connectivity index (χ1) is 18.1. The van der Waals surface area contributed by atoms with Gasteiger partial charge in [0.15, 0.2) is 24.1 Å². The van der Waals surface area contributed by atoms with Crippen molar-refractivity contribution in [2.45, 2.75) is 26.8 Å². The number of nitrogens with one attached hydrogen (secondary N) is 4. The van der Waals surface area contributed by atoms with Gasteiger partial charge in [-0.1, -0.05) is 6.08 Å². The van der Waals surface area contributed by atoms with Crippen molar-refractivity contribution in [3.63, 3.8) is 0 Å². The highest BCUT2D eigenvalue weighted by Crippen LogP contribution is 2.26. The van der Waals surface area contributed by atoms with E-state index in [2.05, 4.69) is 47.5 Å². The van der Waals surface area contributed by atoms with Crippen LogP contribution in [0.3, 0.4) is 0 Å². The Labute approximate surface area is 214 Å². The summed E-state index contributed by atoms with van der Waals surface area (Å²) in [7, 11) is 0. The Kier molecular flexibility index (Phi) is 8.48. The van der Waals surface area contributed by atoms with Crippen molar-refractivity contribution in [1.29, 1.82) is 0 Å². The Hall–Kier alpha value is -4.67. The number of allylic oxidation sites excluding steroid dienone is 1. The molecule has 0 aliphatic carbocycles. The number of aromatic nitrogens is 5. The van der Waals surface area contributed by atoms with Gasteiger partial charge in [0.1, 0.15) is 11.7 Å². The number of aromatic amines is 2. The number of H-pyrrole nitrogens is 2. The minimum absolute atomic E-state index is 0.0928. The smallest absolute Gasteiger partial charge is 0.181 e. The molecule has 0 fully saturated rings. The summed E-state index contributed by atoms with van der Waals surface area (Å²) in [6.45, 7) is 8.79. The molecule has 10 nitrogen and oxygen atoms in total. The number of fused-ring (bicyclic) bond motifs is 1. The van der Waals surface area contributed by atoms with Crippen LogP contribution in [-0.4, -0.2) is 50.6 Å². The lowest BCUT2D eigenvalue weighted by Gasteiger charge is -2.10. The van der Waals surface area contributed by atoms with Gasteiger partial charge in [0.25, 0.3) is 0 Å². The lowest BCUT2D eigenvalue weighted by Crippen LogP contribution is -2.25. The van der Waals surface area contributed by atoms with Crippen molar-refractivity contribution in [3.05, 3.63) is 78.2 Å². The number of hydrogen-bond donors (Lipinski definition) is 4. The maximum absolute atomic E-state index is 14.9. The van der Waals surface area contributed by atoms with E-state index in [4.69, 9.17) is 4.74 Å². The second kappa shape index (κ2) is 12.3. The normalized spacial score (nSPS) is 12.4. The average Bonchev–Trinajstić information content (AvgIpc) is 3.64. The fourth-order valence-corrected chi connectivity index (χ4v) is 3.67. The Morgan fingerprint density at radius 2 is 2.22 bits per heavy atom. The fraction of sp³-hybridized carbons (Fsp3) is 0.231. The van der Waals surface area contributed by atoms with Crippen LogP contribution in [0.1, 0.15) is 24.7 Å². The van der Waals surface area contributed by atoms with Crippen LogP contribution in [0.25, 0.3) is 17.0 Å². The number of imidazole rings is 1. The second-order valence-corrected chi connectivity index (χ2v) is 8.21. The number of aryl methyl sites for hydroxylation is 2. The van der Waals surface area contributed by atoms with E-state index in [9.17, 15) is 4.39 Å². The van der Waals surface area contributed by atoms with Crippen molar-refractivity contribution in [2.75, 3.05) is 18.6 Å². The fourth-order valence-electron chi connectivity index (χ4n) is 3.67. The molecule has 3 heterocycles. The van der Waals surface area contributed by atoms with Crippen molar-refractivity contribution >= 4 is 35.3 Å². The molecular weight excluding hydrogens is 473 g/mol. The number of amidine groups is 1. The molecule has 0 spiro atoms. The van der Waals surface area contributed by atoms with Gasteiger partial charge in [-0.2, -0.15) is 5.10 Å². The van der Waals surface area contributed by atoms with E-state index in [1.54, 1.807) is 36.8 Å². The van der Waals surface area contributed by atoms with Gasteiger partial charge >= 0.3 is 0 Å². The molecule has 3 aromatic heterocycles. The molecule has 4 N–H and O–H groups in total. The number of ether oxygens (including phenoxy) is 1. The zero-order valence-corrected chi connectivity index (χ0v) is 20.8. The molecule has 192 valence electrons. The number of benzene rings is 1. The molecule has 0 bridgehead atoms. The first kappa shape index (κ1) is 25.4. The van der Waals surface area contributed by atoms with E-state index < -0.39 is 5.82 Å². The molecule has 11 heteroatoms. The molecule has 0 unspecified atom stereocenters. The molecule has 0 radical (unpaired) electrons. The summed E-state index contributed by atoms with van der Waals surface area (Å²) < 4.78 is 22.5. The largest absolute Gasteiger partial charge is 0.468 e. The Bertz CT molecular complexity index is 1410. The zero-order valence-electron chi connectivity index (χ0n) is 20.8. The van der Waals surface area contributed by atoms with Gasteiger partial charge in [-0.25, -0.2) is 19.4 Å². The third-order valence-electron chi connectivity index (χ3n) is 5.39. The van der Waals surface area contributed by atoms with Gasteiger partial charge in [-0.15, -0.1) is 0 Å². The third-order valence-corrected chi connectivity index (χ3v) is 5.39. The first-order valence-corrected chi connectivity index (χ1v) is 11.8. The van der Waals surface area contributed by atoms with Gasteiger partial charge < -0.3 is 24.9 Å². The molecule has 37 heavy (non-hydrogen) atoms. The van der Waals surface area contributed by atoms with Gasteiger partial charge in [-0.3, -0.25) is 5.10 Å². The monoisotopic (exact) mass is 503 g/mol. The maximum atomic E-state index is 14.9. The predicted molar refractivity (Wildman–Crippen MR) is 145 cm³/mol. The Morgan fingerprint density at radius 3 is 3.00 bits per heavy atom. The Balaban J connectivity index is 1.46. The summed E-state index contributed by atoms with van der Waals surface area (Å²) >= 11 is 0. The number of nitrogens with zero attached hydrogens (tertiary/aromatic N) is 5. The topological polar surface area (TPSA) is 120 Å². The van der Waals surface area contributed by atoms with Crippen LogP contribution in [0.2, 0.25) is 0 Å². The van der Waals surface area contributed by atoms with Crippen LogP contribution in [0.15, 0.2) is 70.9 Å². The second-order valence-electron chi connectivity index (χ2n) is 8.21. The third kappa shape index (κ3) is 6.94. The summed E-state index contributed by atoms with van der Waals surface area (Å²) in [4.78, 5) is 15.7. The Morgan fingerprint density at radius 1 is 1.32 bits per heavy atom. The summed E-state index contributed by atoms with van der Waals surface area (Å²) in [5.41, 5.74) is 2.45. The summed E-state index contributed by atoms with van der Waals surface area (Å²) in [6, 6.07) is 6.98. The number of anilines is 1. The zero-order chi connectivity index (χ0) is 26.0. The number of hydrogen-bond acceptors (Lipinski definition) is 6. The minimum atomic E-state index is -0.423. The highest BCUT2D eigenvalue weighted by Gasteiger charge is 2.10. The average molecular weight is 504 g/mol.